The van der Waals surface area contributed by atoms with E-state index in [1.54, 1.807) is 6.20 Å². The number of hydrogen-bond donors (Lipinski definition) is 0. The van der Waals surface area contributed by atoms with Crippen LogP contribution in [0.2, 0.25) is 0 Å². The average molecular weight is 404 g/mol. The van der Waals surface area contributed by atoms with Crippen molar-refractivity contribution in [1.29, 1.82) is 0 Å². The summed E-state index contributed by atoms with van der Waals surface area (Å²) in [5.41, 5.74) is 4.84. The molecule has 0 saturated carbocycles. The second-order valence-corrected chi connectivity index (χ2v) is 6.55. The van der Waals surface area contributed by atoms with Gasteiger partial charge in [0.1, 0.15) is 0 Å². The molecule has 0 aliphatic heterocycles. The standard InChI is InChI=1S/C17H12Br2N2/c1-11-10-20-16(12-2-6-14(18)7-3-12)17(21-11)13-4-8-15(19)9-5-13/h2-10H,1H3. The largest absolute Gasteiger partial charge is 0.252 e. The van der Waals surface area contributed by atoms with E-state index in [1.165, 1.54) is 0 Å². The highest BCUT2D eigenvalue weighted by atomic mass is 79.9. The summed E-state index contributed by atoms with van der Waals surface area (Å²) >= 11 is 6.92. The van der Waals surface area contributed by atoms with Crippen LogP contribution in [0, 0.1) is 6.92 Å². The van der Waals surface area contributed by atoms with Crippen LogP contribution in [0.25, 0.3) is 22.5 Å². The molecule has 4 heteroatoms. The summed E-state index contributed by atoms with van der Waals surface area (Å²) in [5.74, 6) is 0. The van der Waals surface area contributed by atoms with Crippen molar-refractivity contribution in [3.63, 3.8) is 0 Å². The van der Waals surface area contributed by atoms with Gasteiger partial charge < -0.3 is 0 Å². The summed E-state index contributed by atoms with van der Waals surface area (Å²) in [4.78, 5) is 9.27. The minimum Gasteiger partial charge on any atom is -0.252 e. The van der Waals surface area contributed by atoms with Crippen molar-refractivity contribution in [2.45, 2.75) is 6.92 Å². The van der Waals surface area contributed by atoms with Gasteiger partial charge in [0.25, 0.3) is 0 Å². The fraction of sp³-hybridized carbons (Fsp3) is 0.0588. The second kappa shape index (κ2) is 6.08. The zero-order valence-electron chi connectivity index (χ0n) is 11.3. The lowest BCUT2D eigenvalue weighted by atomic mass is 10.0. The van der Waals surface area contributed by atoms with E-state index >= 15 is 0 Å². The number of hydrogen-bond acceptors (Lipinski definition) is 2. The molecule has 0 aliphatic rings. The Labute approximate surface area is 140 Å². The van der Waals surface area contributed by atoms with E-state index in [1.807, 2.05) is 43.3 Å². The van der Waals surface area contributed by atoms with Gasteiger partial charge in [-0.2, -0.15) is 0 Å². The third-order valence-corrected chi connectivity index (χ3v) is 4.19. The fourth-order valence-corrected chi connectivity index (χ4v) is 2.63. The number of aryl methyl sites for hydroxylation is 1. The molecule has 2 nitrogen and oxygen atoms in total. The smallest absolute Gasteiger partial charge is 0.0968 e. The molecule has 0 saturated heterocycles. The van der Waals surface area contributed by atoms with Crippen molar-refractivity contribution in [2.75, 3.05) is 0 Å². The van der Waals surface area contributed by atoms with Crippen LogP contribution >= 0.6 is 31.9 Å². The van der Waals surface area contributed by atoms with E-state index in [2.05, 4.69) is 54.0 Å². The molecule has 2 aromatic carbocycles. The molecule has 0 atom stereocenters. The SMILES string of the molecule is Cc1cnc(-c2ccc(Br)cc2)c(-c2ccc(Br)cc2)n1. The van der Waals surface area contributed by atoms with Crippen LogP contribution in [0.3, 0.4) is 0 Å². The van der Waals surface area contributed by atoms with E-state index in [-0.39, 0.29) is 0 Å². The van der Waals surface area contributed by atoms with Crippen LogP contribution in [-0.4, -0.2) is 9.97 Å². The van der Waals surface area contributed by atoms with Crippen molar-refractivity contribution in [3.8, 4) is 22.5 Å². The number of benzene rings is 2. The summed E-state index contributed by atoms with van der Waals surface area (Å²) in [6.45, 7) is 1.96. The highest BCUT2D eigenvalue weighted by Gasteiger charge is 2.11. The Kier molecular flexibility index (Phi) is 4.17. The van der Waals surface area contributed by atoms with Crippen LogP contribution in [0.1, 0.15) is 5.69 Å². The quantitative estimate of drug-likeness (QED) is 0.552. The van der Waals surface area contributed by atoms with Gasteiger partial charge in [0, 0.05) is 26.3 Å². The molecule has 0 amide bonds. The number of halogens is 2. The van der Waals surface area contributed by atoms with Gasteiger partial charge in [0.15, 0.2) is 0 Å². The van der Waals surface area contributed by atoms with Gasteiger partial charge in [0.05, 0.1) is 17.1 Å². The number of nitrogens with zero attached hydrogens (tertiary/aromatic N) is 2. The van der Waals surface area contributed by atoms with Crippen molar-refractivity contribution in [1.82, 2.24) is 9.97 Å². The van der Waals surface area contributed by atoms with Gasteiger partial charge in [-0.15, -0.1) is 0 Å². The maximum atomic E-state index is 4.68. The minimum atomic E-state index is 0.899. The number of aromatic nitrogens is 2. The Morgan fingerprint density at radius 2 is 1.19 bits per heavy atom. The maximum Gasteiger partial charge on any atom is 0.0968 e. The van der Waals surface area contributed by atoms with Gasteiger partial charge in [-0.25, -0.2) is 4.98 Å². The van der Waals surface area contributed by atoms with Gasteiger partial charge >= 0.3 is 0 Å². The lowest BCUT2D eigenvalue weighted by Gasteiger charge is -2.09. The monoisotopic (exact) mass is 402 g/mol. The molecule has 0 aliphatic carbocycles. The molecule has 3 aromatic rings. The highest BCUT2D eigenvalue weighted by molar-refractivity contribution is 9.10. The summed E-state index contributed by atoms with van der Waals surface area (Å²) in [6.07, 6.45) is 1.81. The molecule has 104 valence electrons. The third-order valence-electron chi connectivity index (χ3n) is 3.13. The van der Waals surface area contributed by atoms with Crippen molar-refractivity contribution >= 4 is 31.9 Å². The van der Waals surface area contributed by atoms with Gasteiger partial charge in [-0.1, -0.05) is 56.1 Å². The summed E-state index contributed by atoms with van der Waals surface area (Å²) in [5, 5.41) is 0. The first-order chi connectivity index (χ1) is 10.1. The third kappa shape index (κ3) is 3.22. The predicted molar refractivity (Wildman–Crippen MR) is 93.0 cm³/mol. The lowest BCUT2D eigenvalue weighted by molar-refractivity contribution is 1.13. The molecule has 21 heavy (non-hydrogen) atoms. The Hall–Kier alpha value is -1.52. The molecular weight excluding hydrogens is 392 g/mol. The summed E-state index contributed by atoms with van der Waals surface area (Å²) in [6, 6.07) is 16.3. The molecule has 3 rings (SSSR count). The predicted octanol–water partition coefficient (Wildman–Crippen LogP) is 5.64. The second-order valence-electron chi connectivity index (χ2n) is 4.72. The Morgan fingerprint density at radius 3 is 1.71 bits per heavy atom. The van der Waals surface area contributed by atoms with Crippen molar-refractivity contribution in [2.24, 2.45) is 0 Å². The molecule has 0 unspecified atom stereocenters. The van der Waals surface area contributed by atoms with E-state index < -0.39 is 0 Å². The van der Waals surface area contributed by atoms with Crippen LogP contribution in [-0.2, 0) is 0 Å². The van der Waals surface area contributed by atoms with Crippen molar-refractivity contribution < 1.29 is 0 Å². The van der Waals surface area contributed by atoms with Crippen LogP contribution < -0.4 is 0 Å². The molecular formula is C17H12Br2N2. The van der Waals surface area contributed by atoms with E-state index in [9.17, 15) is 0 Å². The molecule has 0 bridgehead atoms. The van der Waals surface area contributed by atoms with E-state index in [0.717, 1.165) is 37.2 Å². The first kappa shape index (κ1) is 14.4. The highest BCUT2D eigenvalue weighted by Crippen LogP contribution is 2.30. The summed E-state index contributed by atoms with van der Waals surface area (Å²) in [7, 11) is 0. The van der Waals surface area contributed by atoms with E-state index in [4.69, 9.17) is 0 Å². The zero-order valence-corrected chi connectivity index (χ0v) is 14.5. The normalized spacial score (nSPS) is 10.6. The van der Waals surface area contributed by atoms with Crippen LogP contribution in [0.4, 0.5) is 0 Å². The molecule has 1 heterocycles. The van der Waals surface area contributed by atoms with Crippen LogP contribution in [0.15, 0.2) is 63.7 Å². The zero-order chi connectivity index (χ0) is 14.8. The van der Waals surface area contributed by atoms with E-state index in [0.29, 0.717) is 0 Å². The lowest BCUT2D eigenvalue weighted by Crippen LogP contribution is -1.95. The van der Waals surface area contributed by atoms with Gasteiger partial charge in [-0.3, -0.25) is 4.98 Å². The first-order valence-corrected chi connectivity index (χ1v) is 8.07. The molecule has 0 radical (unpaired) electrons. The average Bonchev–Trinajstić information content (AvgIpc) is 2.49. The topological polar surface area (TPSA) is 25.8 Å². The Balaban J connectivity index is 2.17. The molecule has 0 fully saturated rings. The van der Waals surface area contributed by atoms with Gasteiger partial charge in [0.2, 0.25) is 0 Å². The van der Waals surface area contributed by atoms with Crippen molar-refractivity contribution in [3.05, 3.63) is 69.4 Å². The number of rotatable bonds is 2. The van der Waals surface area contributed by atoms with Gasteiger partial charge in [-0.05, 0) is 31.2 Å². The minimum absolute atomic E-state index is 0.899. The molecule has 1 aromatic heterocycles. The first-order valence-electron chi connectivity index (χ1n) is 6.49. The van der Waals surface area contributed by atoms with Crippen LogP contribution in [0.5, 0.6) is 0 Å². The fourth-order valence-electron chi connectivity index (χ4n) is 2.11. The molecule has 0 spiro atoms. The maximum absolute atomic E-state index is 4.68. The molecule has 0 N–H and O–H groups in total. The summed E-state index contributed by atoms with van der Waals surface area (Å²) < 4.78 is 2.11. The Bertz CT molecular complexity index is 766. The Morgan fingerprint density at radius 1 is 0.714 bits per heavy atom.